The molecule has 0 radical (unpaired) electrons. The maximum absolute atomic E-state index is 13.0. The molecule has 1 atom stereocenters. The Morgan fingerprint density at radius 2 is 1.74 bits per heavy atom. The first-order valence-corrected chi connectivity index (χ1v) is 12.3. The van der Waals surface area contributed by atoms with Crippen molar-refractivity contribution in [1.29, 1.82) is 0 Å². The Kier molecular flexibility index (Phi) is 6.39. The minimum atomic E-state index is -3.64. The lowest BCUT2D eigenvalue weighted by molar-refractivity contribution is -0.146. The second-order valence-electron chi connectivity index (χ2n) is 8.03. The molecule has 0 amide bonds. The number of ketones is 1. The van der Waals surface area contributed by atoms with Crippen LogP contribution >= 0.6 is 0 Å². The van der Waals surface area contributed by atoms with Crippen molar-refractivity contribution in [3.63, 3.8) is 0 Å². The van der Waals surface area contributed by atoms with Gasteiger partial charge in [-0.05, 0) is 51.1 Å². The average Bonchev–Trinajstić information content (AvgIpc) is 3.25. The van der Waals surface area contributed by atoms with Crippen molar-refractivity contribution >= 4 is 27.6 Å². The number of aliphatic imine (C=N–C) groups is 1. The molecular weight excluding hydrogens is 454 g/mol. The van der Waals surface area contributed by atoms with Crippen molar-refractivity contribution in [2.24, 2.45) is 4.99 Å². The van der Waals surface area contributed by atoms with Crippen LogP contribution in [0.15, 0.2) is 70.6 Å². The molecule has 4 rings (SSSR count). The number of carbonyl (C=O) groups is 2. The number of rotatable bonds is 7. The predicted octanol–water partition coefficient (Wildman–Crippen LogP) is 3.34. The first kappa shape index (κ1) is 23.4. The van der Waals surface area contributed by atoms with E-state index in [0.29, 0.717) is 11.1 Å². The second-order valence-corrected chi connectivity index (χ2v) is 9.68. The quantitative estimate of drug-likeness (QED) is 0.413. The average molecular weight is 480 g/mol. The van der Waals surface area contributed by atoms with Crippen molar-refractivity contribution < 1.29 is 22.7 Å². The Balaban J connectivity index is 1.39. The molecule has 0 fully saturated rings. The smallest absolute Gasteiger partial charge is 0.308 e. The van der Waals surface area contributed by atoms with E-state index in [1.807, 2.05) is 48.7 Å². The number of hydrogen-bond donors (Lipinski definition) is 1. The van der Waals surface area contributed by atoms with Crippen molar-refractivity contribution in [3.05, 3.63) is 83.2 Å². The highest BCUT2D eigenvalue weighted by molar-refractivity contribution is 7.90. The molecule has 34 heavy (non-hydrogen) atoms. The Hall–Kier alpha value is -3.72. The van der Waals surface area contributed by atoms with E-state index in [-0.39, 0.29) is 29.5 Å². The van der Waals surface area contributed by atoms with Gasteiger partial charge in [-0.2, -0.15) is 0 Å². The molecule has 1 aliphatic rings. The van der Waals surface area contributed by atoms with Crippen molar-refractivity contribution in [3.8, 4) is 5.69 Å². The number of para-hydroxylation sites is 1. The highest BCUT2D eigenvalue weighted by Gasteiger charge is 2.30. The number of sulfonamides is 1. The van der Waals surface area contributed by atoms with Crippen molar-refractivity contribution in [1.82, 2.24) is 9.29 Å². The molecule has 0 saturated heterocycles. The molecule has 0 aliphatic carbocycles. The van der Waals surface area contributed by atoms with Gasteiger partial charge >= 0.3 is 5.97 Å². The zero-order chi connectivity index (χ0) is 24.5. The zero-order valence-electron chi connectivity index (χ0n) is 19.1. The van der Waals surface area contributed by atoms with E-state index in [1.165, 1.54) is 6.07 Å². The lowest BCUT2D eigenvalue weighted by Crippen LogP contribution is -2.25. The predicted molar refractivity (Wildman–Crippen MR) is 128 cm³/mol. The highest BCUT2D eigenvalue weighted by Crippen LogP contribution is 2.23. The van der Waals surface area contributed by atoms with Gasteiger partial charge in [0, 0.05) is 28.2 Å². The van der Waals surface area contributed by atoms with Gasteiger partial charge in [-0.15, -0.1) is 0 Å². The van der Waals surface area contributed by atoms with E-state index in [1.54, 1.807) is 31.2 Å². The number of nitrogens with zero attached hydrogens (tertiary/aromatic N) is 2. The summed E-state index contributed by atoms with van der Waals surface area (Å²) in [6.07, 6.45) is -1.05. The summed E-state index contributed by atoms with van der Waals surface area (Å²) in [5, 5.41) is 0. The molecular formula is C25H25N3O5S. The molecule has 0 spiro atoms. The SMILES string of the molecule is Cc1cc(C(=O)C(C)OC(=O)CCN=C2NS(=O)(=O)c3ccccc32)c(C)n1-c1ccccc1. The number of aryl methyl sites for hydroxylation is 1. The van der Waals surface area contributed by atoms with Gasteiger partial charge in [0.15, 0.2) is 6.10 Å². The number of ether oxygens (including phenoxy) is 1. The Morgan fingerprint density at radius 1 is 1.06 bits per heavy atom. The van der Waals surface area contributed by atoms with Crippen LogP contribution in [0.4, 0.5) is 0 Å². The van der Waals surface area contributed by atoms with E-state index >= 15 is 0 Å². The van der Waals surface area contributed by atoms with Gasteiger partial charge in [-0.3, -0.25) is 19.3 Å². The first-order chi connectivity index (χ1) is 16.2. The summed E-state index contributed by atoms with van der Waals surface area (Å²) < 4.78 is 34.0. The minimum absolute atomic E-state index is 0.0223. The van der Waals surface area contributed by atoms with Crippen LogP contribution in [0.5, 0.6) is 0 Å². The van der Waals surface area contributed by atoms with E-state index in [4.69, 9.17) is 4.74 Å². The molecule has 1 unspecified atom stereocenters. The van der Waals surface area contributed by atoms with Crippen molar-refractivity contribution in [2.75, 3.05) is 6.54 Å². The fourth-order valence-electron chi connectivity index (χ4n) is 4.03. The summed E-state index contributed by atoms with van der Waals surface area (Å²) in [6, 6.07) is 18.0. The van der Waals surface area contributed by atoms with Gasteiger partial charge in [0.2, 0.25) is 5.78 Å². The number of nitrogens with one attached hydrogen (secondary N) is 1. The number of fused-ring (bicyclic) bond motifs is 1. The van der Waals surface area contributed by atoms with Crippen LogP contribution in [0.2, 0.25) is 0 Å². The minimum Gasteiger partial charge on any atom is -0.454 e. The molecule has 1 aliphatic heterocycles. The first-order valence-electron chi connectivity index (χ1n) is 10.8. The summed E-state index contributed by atoms with van der Waals surface area (Å²) in [5.74, 6) is -0.676. The summed E-state index contributed by atoms with van der Waals surface area (Å²) in [7, 11) is -3.64. The normalized spacial score (nSPS) is 16.0. The van der Waals surface area contributed by atoms with E-state index in [9.17, 15) is 18.0 Å². The summed E-state index contributed by atoms with van der Waals surface area (Å²) in [4.78, 5) is 29.7. The lowest BCUT2D eigenvalue weighted by atomic mass is 10.1. The van der Waals surface area contributed by atoms with Crippen LogP contribution < -0.4 is 4.72 Å². The lowest BCUT2D eigenvalue weighted by Gasteiger charge is -2.13. The van der Waals surface area contributed by atoms with E-state index in [2.05, 4.69) is 9.71 Å². The molecule has 2 heterocycles. The van der Waals surface area contributed by atoms with Crippen LogP contribution in [0, 0.1) is 13.8 Å². The standard InChI is InChI=1S/C25H25N3O5S/c1-16-15-21(17(2)28(16)19-9-5-4-6-10-19)24(30)18(3)33-23(29)13-14-26-25-20-11-7-8-12-22(20)34(31,32)27-25/h4-12,15,18H,13-14H2,1-3H3,(H,26,27). The maximum atomic E-state index is 13.0. The van der Waals surface area contributed by atoms with Gasteiger partial charge in [0.05, 0.1) is 17.9 Å². The number of amidine groups is 1. The fraction of sp³-hybridized carbons (Fsp3) is 0.240. The summed E-state index contributed by atoms with van der Waals surface area (Å²) in [5.41, 5.74) is 3.59. The van der Waals surface area contributed by atoms with Crippen LogP contribution in [0.25, 0.3) is 5.69 Å². The van der Waals surface area contributed by atoms with Crippen LogP contribution in [-0.2, 0) is 19.6 Å². The van der Waals surface area contributed by atoms with Crippen molar-refractivity contribution in [2.45, 2.75) is 38.2 Å². The summed E-state index contributed by atoms with van der Waals surface area (Å²) in [6.45, 7) is 5.34. The Morgan fingerprint density at radius 3 is 2.47 bits per heavy atom. The number of carbonyl (C=O) groups excluding carboxylic acids is 2. The molecule has 0 bridgehead atoms. The number of aromatic nitrogens is 1. The summed E-state index contributed by atoms with van der Waals surface area (Å²) >= 11 is 0. The largest absolute Gasteiger partial charge is 0.454 e. The molecule has 0 saturated carbocycles. The van der Waals surface area contributed by atoms with Gasteiger partial charge in [0.25, 0.3) is 10.0 Å². The maximum Gasteiger partial charge on any atom is 0.308 e. The molecule has 8 nitrogen and oxygen atoms in total. The number of Topliss-reactive ketones (excluding diaryl/α,β-unsaturated/α-hetero) is 1. The topological polar surface area (TPSA) is 107 Å². The Bertz CT molecular complexity index is 1390. The van der Waals surface area contributed by atoms with E-state index < -0.39 is 22.1 Å². The molecule has 2 aromatic carbocycles. The third-order valence-corrected chi connectivity index (χ3v) is 7.03. The van der Waals surface area contributed by atoms with Gasteiger partial charge in [-0.25, -0.2) is 8.42 Å². The highest BCUT2D eigenvalue weighted by atomic mass is 32.2. The van der Waals surface area contributed by atoms with Gasteiger partial charge in [0.1, 0.15) is 5.84 Å². The molecule has 1 N–H and O–H groups in total. The van der Waals surface area contributed by atoms with Gasteiger partial charge < -0.3 is 9.30 Å². The number of benzene rings is 2. The molecule has 176 valence electrons. The molecule has 1 aromatic heterocycles. The van der Waals surface area contributed by atoms with Gasteiger partial charge in [-0.1, -0.05) is 30.3 Å². The zero-order valence-corrected chi connectivity index (χ0v) is 19.9. The fourth-order valence-corrected chi connectivity index (χ4v) is 5.28. The third kappa shape index (κ3) is 4.51. The Labute approximate surface area is 198 Å². The number of hydrogen-bond acceptors (Lipinski definition) is 6. The van der Waals surface area contributed by atoms with Crippen LogP contribution in [0.1, 0.15) is 40.7 Å². The monoisotopic (exact) mass is 479 g/mol. The second kappa shape index (κ2) is 9.26. The van der Waals surface area contributed by atoms with E-state index in [0.717, 1.165) is 17.1 Å². The van der Waals surface area contributed by atoms with Crippen LogP contribution in [0.3, 0.4) is 0 Å². The third-order valence-electron chi connectivity index (χ3n) is 5.64. The molecule has 3 aromatic rings. The molecule has 9 heteroatoms. The van der Waals surface area contributed by atoms with Crippen LogP contribution in [-0.4, -0.2) is 43.2 Å². The number of esters is 1.